The van der Waals surface area contributed by atoms with E-state index < -0.39 is 0 Å². The number of anilines is 1. The number of benzene rings is 1. The van der Waals surface area contributed by atoms with Crippen molar-refractivity contribution in [2.45, 2.75) is 38.3 Å². The maximum atomic E-state index is 5.01. The Bertz CT molecular complexity index is 1150. The molecule has 6 rings (SSSR count). The first-order valence-electron chi connectivity index (χ1n) is 11.2. The van der Waals surface area contributed by atoms with E-state index in [0.29, 0.717) is 6.67 Å². The fourth-order valence-electron chi connectivity index (χ4n) is 4.85. The number of pyridine rings is 1. The van der Waals surface area contributed by atoms with E-state index in [2.05, 4.69) is 55.0 Å². The summed E-state index contributed by atoms with van der Waals surface area (Å²) in [6.45, 7) is 2.54. The Kier molecular flexibility index (Phi) is 4.68. The summed E-state index contributed by atoms with van der Waals surface area (Å²) >= 11 is 0. The zero-order valence-electron chi connectivity index (χ0n) is 17.6. The van der Waals surface area contributed by atoms with Crippen molar-refractivity contribution in [2.75, 3.05) is 24.8 Å². The van der Waals surface area contributed by atoms with E-state index in [1.54, 1.807) is 5.57 Å². The molecule has 31 heavy (non-hydrogen) atoms. The van der Waals surface area contributed by atoms with Crippen molar-refractivity contribution in [1.29, 1.82) is 0 Å². The zero-order chi connectivity index (χ0) is 20.6. The van der Waals surface area contributed by atoms with Crippen LogP contribution in [-0.4, -0.2) is 45.3 Å². The molecule has 7 heteroatoms. The number of allylic oxidation sites excluding steroid dienone is 1. The van der Waals surface area contributed by atoms with Gasteiger partial charge in [-0.3, -0.25) is 19.4 Å². The fraction of sp³-hybridized carbons (Fsp3) is 0.375. The number of guanidine groups is 1. The number of rotatable bonds is 4. The number of hydrogen-bond donors (Lipinski definition) is 1. The van der Waals surface area contributed by atoms with E-state index in [1.165, 1.54) is 25.7 Å². The molecule has 158 valence electrons. The Morgan fingerprint density at radius 1 is 1.10 bits per heavy atom. The number of para-hydroxylation sites is 2. The molecule has 1 aromatic carbocycles. The van der Waals surface area contributed by atoms with Crippen molar-refractivity contribution in [3.05, 3.63) is 66.0 Å². The van der Waals surface area contributed by atoms with Crippen LogP contribution in [0.2, 0.25) is 0 Å². The highest BCUT2D eigenvalue weighted by atomic mass is 15.5. The van der Waals surface area contributed by atoms with Gasteiger partial charge in [0.2, 0.25) is 11.9 Å². The van der Waals surface area contributed by atoms with Gasteiger partial charge in [0, 0.05) is 24.5 Å². The average Bonchev–Trinajstić information content (AvgIpc) is 3.23. The molecule has 0 fully saturated rings. The van der Waals surface area contributed by atoms with E-state index in [4.69, 9.17) is 9.98 Å². The molecule has 0 amide bonds. The van der Waals surface area contributed by atoms with Gasteiger partial charge in [-0.1, -0.05) is 29.8 Å². The number of fused-ring (bicyclic) bond motifs is 5. The minimum Gasteiger partial charge on any atom is -0.331 e. The quantitative estimate of drug-likeness (QED) is 0.658. The van der Waals surface area contributed by atoms with Crippen LogP contribution in [-0.2, 0) is 0 Å². The number of aliphatic imine (C=N–C) groups is 1. The lowest BCUT2D eigenvalue weighted by Crippen LogP contribution is -2.57. The second-order valence-electron chi connectivity index (χ2n) is 8.55. The topological polar surface area (TPSA) is 61.6 Å². The lowest BCUT2D eigenvalue weighted by atomic mass is 9.97. The van der Waals surface area contributed by atoms with Crippen molar-refractivity contribution < 1.29 is 0 Å². The number of hydrogen-bond acceptors (Lipinski definition) is 6. The molecule has 0 unspecified atom stereocenters. The maximum Gasteiger partial charge on any atom is 0.216 e. The minimum absolute atomic E-state index is 0.0787. The van der Waals surface area contributed by atoms with Crippen molar-refractivity contribution >= 4 is 22.9 Å². The van der Waals surface area contributed by atoms with E-state index in [9.17, 15) is 0 Å². The van der Waals surface area contributed by atoms with E-state index in [0.717, 1.165) is 48.1 Å². The van der Waals surface area contributed by atoms with Crippen LogP contribution in [0.3, 0.4) is 0 Å². The fourth-order valence-corrected chi connectivity index (χ4v) is 4.85. The Hall–Kier alpha value is -3.19. The summed E-state index contributed by atoms with van der Waals surface area (Å²) in [6, 6.07) is 12.4. The molecule has 0 radical (unpaired) electrons. The minimum atomic E-state index is -0.0787. The molecular formula is C24H27N7. The monoisotopic (exact) mass is 413 g/mol. The summed E-state index contributed by atoms with van der Waals surface area (Å²) in [5.74, 6) is 1.83. The molecule has 1 atom stereocenters. The number of nitrogens with one attached hydrogen (secondary N) is 1. The van der Waals surface area contributed by atoms with E-state index >= 15 is 0 Å². The predicted octanol–water partition coefficient (Wildman–Crippen LogP) is 3.86. The Labute approximate surface area is 182 Å². The summed E-state index contributed by atoms with van der Waals surface area (Å²) in [4.78, 5) is 18.9. The van der Waals surface area contributed by atoms with Gasteiger partial charge in [-0.2, -0.15) is 0 Å². The second-order valence-corrected chi connectivity index (χ2v) is 8.55. The SMILES string of the molecule is C1=C(CCN2CN=C3N[C@H](c4cccnc4)n4c(nc5ccccc54)N3C2)CCCC1. The molecule has 0 saturated carbocycles. The first-order chi connectivity index (χ1) is 15.4. The highest BCUT2D eigenvalue weighted by molar-refractivity contribution is 5.98. The van der Waals surface area contributed by atoms with E-state index in [1.807, 2.05) is 24.5 Å². The average molecular weight is 414 g/mol. The van der Waals surface area contributed by atoms with Crippen LogP contribution in [0.1, 0.15) is 43.8 Å². The first kappa shape index (κ1) is 18.6. The van der Waals surface area contributed by atoms with Gasteiger partial charge in [0.15, 0.2) is 0 Å². The standard InChI is InChI=1S/C24H27N7/c1-2-7-18(8-3-1)12-14-29-16-26-23-28-22(19-9-6-13-25-15-19)31-21-11-5-4-10-20(21)27-24(31)30(23)17-29/h4-7,9-11,13,15,22H,1-3,8,12,14,16-17H2,(H,26,28)/t22-/m0/s1. The van der Waals surface area contributed by atoms with Crippen molar-refractivity contribution in [3.63, 3.8) is 0 Å². The molecule has 1 N–H and O–H groups in total. The molecule has 4 heterocycles. The van der Waals surface area contributed by atoms with Gasteiger partial charge in [-0.25, -0.2) is 9.98 Å². The molecule has 3 aliphatic rings. The predicted molar refractivity (Wildman–Crippen MR) is 123 cm³/mol. The van der Waals surface area contributed by atoms with Gasteiger partial charge >= 0.3 is 0 Å². The van der Waals surface area contributed by atoms with Crippen LogP contribution >= 0.6 is 0 Å². The zero-order valence-corrected chi connectivity index (χ0v) is 17.6. The summed E-state index contributed by atoms with van der Waals surface area (Å²) in [6.07, 6.45) is 12.4. The van der Waals surface area contributed by atoms with Crippen LogP contribution in [0.15, 0.2) is 65.4 Å². The highest BCUT2D eigenvalue weighted by Gasteiger charge is 2.35. The van der Waals surface area contributed by atoms with Gasteiger partial charge in [-0.15, -0.1) is 0 Å². The summed E-state index contributed by atoms with van der Waals surface area (Å²) in [5, 5.41) is 3.65. The third kappa shape index (κ3) is 3.39. The van der Waals surface area contributed by atoms with Gasteiger partial charge < -0.3 is 5.32 Å². The lowest BCUT2D eigenvalue weighted by Gasteiger charge is -2.41. The smallest absolute Gasteiger partial charge is 0.216 e. The summed E-state index contributed by atoms with van der Waals surface area (Å²) in [5.41, 5.74) is 4.82. The number of nitrogens with zero attached hydrogens (tertiary/aromatic N) is 6. The third-order valence-corrected chi connectivity index (χ3v) is 6.49. The molecule has 1 aliphatic carbocycles. The second kappa shape index (κ2) is 7.81. The molecule has 0 spiro atoms. The van der Waals surface area contributed by atoms with Gasteiger partial charge in [0.25, 0.3) is 0 Å². The van der Waals surface area contributed by atoms with Crippen LogP contribution in [0.5, 0.6) is 0 Å². The van der Waals surface area contributed by atoms with Crippen LogP contribution in [0.4, 0.5) is 5.95 Å². The first-order valence-corrected chi connectivity index (χ1v) is 11.2. The third-order valence-electron chi connectivity index (χ3n) is 6.49. The molecule has 0 bridgehead atoms. The maximum absolute atomic E-state index is 5.01. The summed E-state index contributed by atoms with van der Waals surface area (Å²) < 4.78 is 2.28. The van der Waals surface area contributed by atoms with Crippen molar-refractivity contribution in [2.24, 2.45) is 4.99 Å². The Balaban J connectivity index is 1.33. The van der Waals surface area contributed by atoms with Crippen molar-refractivity contribution in [3.8, 4) is 0 Å². The molecule has 7 nitrogen and oxygen atoms in total. The molecule has 2 aromatic heterocycles. The molecule has 2 aliphatic heterocycles. The largest absolute Gasteiger partial charge is 0.331 e. The number of imidazole rings is 1. The molecule has 3 aromatic rings. The van der Waals surface area contributed by atoms with Gasteiger partial charge in [0.1, 0.15) is 6.17 Å². The number of aromatic nitrogens is 3. The highest BCUT2D eigenvalue weighted by Crippen LogP contribution is 2.33. The van der Waals surface area contributed by atoms with Crippen LogP contribution in [0, 0.1) is 0 Å². The molecular weight excluding hydrogens is 386 g/mol. The van der Waals surface area contributed by atoms with Gasteiger partial charge in [0.05, 0.1) is 24.4 Å². The van der Waals surface area contributed by atoms with Gasteiger partial charge in [-0.05, 0) is 50.3 Å². The Morgan fingerprint density at radius 2 is 2.06 bits per heavy atom. The molecule has 0 saturated heterocycles. The van der Waals surface area contributed by atoms with Crippen molar-refractivity contribution in [1.82, 2.24) is 24.8 Å². The Morgan fingerprint density at radius 3 is 2.94 bits per heavy atom. The lowest BCUT2D eigenvalue weighted by molar-refractivity contribution is 0.273. The summed E-state index contributed by atoms with van der Waals surface area (Å²) in [7, 11) is 0. The van der Waals surface area contributed by atoms with Crippen LogP contribution < -0.4 is 10.2 Å². The van der Waals surface area contributed by atoms with Crippen LogP contribution in [0.25, 0.3) is 11.0 Å². The van der Waals surface area contributed by atoms with E-state index in [-0.39, 0.29) is 6.17 Å². The normalized spacial score (nSPS) is 21.2.